The SMILES string of the molecule is COc1cc(OC)c([Si](C)(C)C[Si](C)(C)Cl)c(OC)c1. The second-order valence-corrected chi connectivity index (χ2v) is 18.4. The number of methoxy groups -OCH3 is 3. The van der Waals surface area contributed by atoms with E-state index in [1.165, 1.54) is 5.19 Å². The van der Waals surface area contributed by atoms with E-state index >= 15 is 0 Å². The monoisotopic (exact) mass is 332 g/mol. The summed E-state index contributed by atoms with van der Waals surface area (Å²) in [6.45, 7) is 9.01. The van der Waals surface area contributed by atoms with Crippen LogP contribution in [0.2, 0.25) is 31.9 Å². The predicted octanol–water partition coefficient (Wildman–Crippen LogP) is 3.61. The van der Waals surface area contributed by atoms with Crippen LogP contribution in [-0.4, -0.2) is 36.8 Å². The topological polar surface area (TPSA) is 27.7 Å². The highest BCUT2D eigenvalue weighted by Gasteiger charge is 2.37. The second-order valence-electron chi connectivity index (χ2n) is 6.19. The minimum absolute atomic E-state index is 0.745. The fourth-order valence-electron chi connectivity index (χ4n) is 2.81. The summed E-state index contributed by atoms with van der Waals surface area (Å²) in [6.07, 6.45) is 0. The smallest absolute Gasteiger partial charge is 0.148 e. The highest BCUT2D eigenvalue weighted by molar-refractivity contribution is 7.24. The number of ether oxygens (including phenoxy) is 3. The molecule has 0 bridgehead atoms. The molecule has 3 nitrogen and oxygen atoms in total. The lowest BCUT2D eigenvalue weighted by molar-refractivity contribution is 0.379. The average Bonchev–Trinajstić information content (AvgIpc) is 2.33. The summed E-state index contributed by atoms with van der Waals surface area (Å²) in [5.74, 6) is 2.43. The summed E-state index contributed by atoms with van der Waals surface area (Å²) in [5, 5.41) is 1.18. The molecule has 6 heteroatoms. The molecule has 0 aliphatic heterocycles. The zero-order chi connectivity index (χ0) is 15.6. The third-order valence-electron chi connectivity index (χ3n) is 3.25. The number of halogens is 1. The number of hydrogen-bond donors (Lipinski definition) is 0. The Kier molecular flexibility index (Phi) is 5.57. The van der Waals surface area contributed by atoms with Gasteiger partial charge in [-0.15, -0.1) is 0 Å². The van der Waals surface area contributed by atoms with Crippen LogP contribution >= 0.6 is 11.1 Å². The molecule has 20 heavy (non-hydrogen) atoms. The van der Waals surface area contributed by atoms with Crippen molar-refractivity contribution in [3.8, 4) is 17.2 Å². The van der Waals surface area contributed by atoms with Gasteiger partial charge in [0.05, 0.1) is 29.4 Å². The van der Waals surface area contributed by atoms with Gasteiger partial charge in [0.25, 0.3) is 0 Å². The van der Waals surface area contributed by atoms with Gasteiger partial charge >= 0.3 is 0 Å². The maximum Gasteiger partial charge on any atom is 0.148 e. The second kappa shape index (κ2) is 6.41. The molecule has 0 fully saturated rings. The van der Waals surface area contributed by atoms with Crippen molar-refractivity contribution in [2.24, 2.45) is 0 Å². The maximum atomic E-state index is 6.58. The molecule has 1 aromatic rings. The van der Waals surface area contributed by atoms with Crippen molar-refractivity contribution in [2.45, 2.75) is 31.9 Å². The van der Waals surface area contributed by atoms with Crippen molar-refractivity contribution in [3.63, 3.8) is 0 Å². The van der Waals surface area contributed by atoms with E-state index in [0.717, 1.165) is 22.9 Å². The first-order valence-electron chi connectivity index (χ1n) is 6.64. The highest BCUT2D eigenvalue weighted by Crippen LogP contribution is 2.32. The molecule has 0 spiro atoms. The summed E-state index contributed by atoms with van der Waals surface area (Å²) in [7, 11) is 1.58. The van der Waals surface area contributed by atoms with Gasteiger partial charge in [0.2, 0.25) is 0 Å². The van der Waals surface area contributed by atoms with Crippen LogP contribution in [0.25, 0.3) is 0 Å². The Morgan fingerprint density at radius 3 is 1.65 bits per heavy atom. The van der Waals surface area contributed by atoms with Crippen LogP contribution < -0.4 is 19.4 Å². The van der Waals surface area contributed by atoms with Gasteiger partial charge in [-0.2, -0.15) is 11.1 Å². The normalized spacial score (nSPS) is 12.2. The van der Waals surface area contributed by atoms with E-state index in [-0.39, 0.29) is 0 Å². The van der Waals surface area contributed by atoms with E-state index in [4.69, 9.17) is 25.3 Å². The van der Waals surface area contributed by atoms with E-state index in [1.54, 1.807) is 21.3 Å². The Labute approximate surface area is 128 Å². The molecule has 1 aromatic carbocycles. The van der Waals surface area contributed by atoms with Gasteiger partial charge in [-0.1, -0.05) is 26.2 Å². The fourth-order valence-corrected chi connectivity index (χ4v) is 16.6. The molecule has 0 N–H and O–H groups in total. The van der Waals surface area contributed by atoms with Crippen molar-refractivity contribution in [1.82, 2.24) is 0 Å². The lowest BCUT2D eigenvalue weighted by Gasteiger charge is -2.31. The number of hydrogen-bond acceptors (Lipinski definition) is 3. The van der Waals surface area contributed by atoms with Gasteiger partial charge in [-0.25, -0.2) is 0 Å². The van der Waals surface area contributed by atoms with Gasteiger partial charge in [0.1, 0.15) is 24.6 Å². The van der Waals surface area contributed by atoms with Crippen molar-refractivity contribution in [1.29, 1.82) is 0 Å². The summed E-state index contributed by atoms with van der Waals surface area (Å²) < 4.78 is 16.5. The van der Waals surface area contributed by atoms with Gasteiger partial charge in [-0.05, 0) is 5.67 Å². The van der Waals surface area contributed by atoms with Crippen molar-refractivity contribution in [3.05, 3.63) is 12.1 Å². The molecule has 0 saturated heterocycles. The standard InChI is InChI=1S/C14H25ClO3Si2/c1-16-11-8-12(17-2)14(13(9-11)18-3)19(4,5)10-20(6,7)15/h8-9H,10H2,1-7H3. The fraction of sp³-hybridized carbons (Fsp3) is 0.571. The minimum atomic E-state index is -1.76. The largest absolute Gasteiger partial charge is 0.497 e. The van der Waals surface area contributed by atoms with Crippen LogP contribution in [0.3, 0.4) is 0 Å². The molecule has 0 aromatic heterocycles. The molecule has 0 heterocycles. The third kappa shape index (κ3) is 4.17. The van der Waals surface area contributed by atoms with Gasteiger partial charge in [0.15, 0.2) is 0 Å². The van der Waals surface area contributed by atoms with Crippen LogP contribution in [0.15, 0.2) is 12.1 Å². The lowest BCUT2D eigenvalue weighted by Crippen LogP contribution is -2.48. The van der Waals surface area contributed by atoms with Crippen molar-refractivity contribution in [2.75, 3.05) is 21.3 Å². The maximum absolute atomic E-state index is 6.58. The Hall–Kier alpha value is -0.656. The van der Waals surface area contributed by atoms with E-state index in [9.17, 15) is 0 Å². The molecular weight excluding hydrogens is 308 g/mol. The molecule has 0 saturated carbocycles. The quantitative estimate of drug-likeness (QED) is 0.588. The van der Waals surface area contributed by atoms with Gasteiger partial charge in [0, 0.05) is 17.3 Å². The van der Waals surface area contributed by atoms with Gasteiger partial charge < -0.3 is 14.2 Å². The Morgan fingerprint density at radius 2 is 1.35 bits per heavy atom. The molecule has 114 valence electrons. The Morgan fingerprint density at radius 1 is 0.900 bits per heavy atom. The van der Waals surface area contributed by atoms with Crippen LogP contribution in [-0.2, 0) is 0 Å². The number of rotatable bonds is 6. The van der Waals surface area contributed by atoms with Crippen LogP contribution in [0, 0.1) is 0 Å². The molecule has 0 radical (unpaired) electrons. The van der Waals surface area contributed by atoms with E-state index in [2.05, 4.69) is 26.2 Å². The molecule has 0 aliphatic rings. The summed E-state index contributed by atoms with van der Waals surface area (Å²) in [5.41, 5.74) is 1.07. The molecule has 0 atom stereocenters. The predicted molar refractivity (Wildman–Crippen MR) is 91.4 cm³/mol. The highest BCUT2D eigenvalue weighted by atomic mass is 35.6. The van der Waals surface area contributed by atoms with E-state index in [1.807, 2.05) is 12.1 Å². The zero-order valence-electron chi connectivity index (χ0n) is 13.5. The first-order valence-corrected chi connectivity index (χ1v) is 14.1. The van der Waals surface area contributed by atoms with Crippen LogP contribution in [0.5, 0.6) is 17.2 Å². The van der Waals surface area contributed by atoms with E-state index in [0.29, 0.717) is 0 Å². The Bertz CT molecular complexity index is 445. The van der Waals surface area contributed by atoms with Gasteiger partial charge in [-0.3, -0.25) is 0 Å². The molecular formula is C14H25ClO3Si2. The summed E-state index contributed by atoms with van der Waals surface area (Å²) >= 11 is 6.58. The molecule has 0 amide bonds. The molecule has 1 rings (SSSR count). The molecule has 0 aliphatic carbocycles. The summed E-state index contributed by atoms with van der Waals surface area (Å²) in [4.78, 5) is 0. The van der Waals surface area contributed by atoms with Crippen LogP contribution in [0.4, 0.5) is 0 Å². The number of benzene rings is 1. The first kappa shape index (κ1) is 17.4. The zero-order valence-corrected chi connectivity index (χ0v) is 16.2. The van der Waals surface area contributed by atoms with E-state index < -0.39 is 15.5 Å². The minimum Gasteiger partial charge on any atom is -0.497 e. The summed E-state index contributed by atoms with van der Waals surface area (Å²) in [6, 6.07) is 3.85. The van der Waals surface area contributed by atoms with Crippen LogP contribution in [0.1, 0.15) is 0 Å². The Balaban J connectivity index is 3.41. The van der Waals surface area contributed by atoms with Crippen molar-refractivity contribution >= 4 is 31.7 Å². The van der Waals surface area contributed by atoms with Crippen molar-refractivity contribution < 1.29 is 14.2 Å². The lowest BCUT2D eigenvalue weighted by atomic mass is 10.3. The third-order valence-corrected chi connectivity index (χ3v) is 13.2. The molecule has 0 unspecified atom stereocenters. The average molecular weight is 333 g/mol. The first-order chi connectivity index (χ1) is 9.14.